The Morgan fingerprint density at radius 2 is 1.86 bits per heavy atom. The zero-order valence-corrected chi connectivity index (χ0v) is 17.1. The van der Waals surface area contributed by atoms with Gasteiger partial charge in [-0.3, -0.25) is 14.5 Å². The lowest BCUT2D eigenvalue weighted by Gasteiger charge is -2.34. The number of piperazine rings is 1. The van der Waals surface area contributed by atoms with Crippen molar-refractivity contribution >= 4 is 18.0 Å². The van der Waals surface area contributed by atoms with Crippen molar-refractivity contribution in [1.82, 2.24) is 9.80 Å². The van der Waals surface area contributed by atoms with E-state index in [1.807, 2.05) is 11.0 Å². The van der Waals surface area contributed by atoms with E-state index in [0.717, 1.165) is 32.7 Å². The number of methoxy groups -OCH3 is 1. The van der Waals surface area contributed by atoms with Gasteiger partial charge in [0.05, 0.1) is 13.5 Å². The maximum atomic E-state index is 12.5. The van der Waals surface area contributed by atoms with Crippen LogP contribution in [0.4, 0.5) is 0 Å². The summed E-state index contributed by atoms with van der Waals surface area (Å²) in [6.07, 6.45) is 4.00. The smallest absolute Gasteiger partial charge is 0.305 e. The van der Waals surface area contributed by atoms with E-state index in [0.29, 0.717) is 17.9 Å². The number of furan rings is 1. The van der Waals surface area contributed by atoms with Crippen molar-refractivity contribution in [2.75, 3.05) is 33.3 Å². The van der Waals surface area contributed by atoms with Crippen LogP contribution in [0.5, 0.6) is 0 Å². The van der Waals surface area contributed by atoms with E-state index in [4.69, 9.17) is 4.42 Å². The summed E-state index contributed by atoms with van der Waals surface area (Å²) in [5, 5.41) is 0. The molecular formula is C23H28N2O4. The lowest BCUT2D eigenvalue weighted by Crippen LogP contribution is -2.47. The molecule has 1 aliphatic rings. The molecule has 0 bridgehead atoms. The monoisotopic (exact) mass is 396 g/mol. The van der Waals surface area contributed by atoms with Crippen LogP contribution in [0.3, 0.4) is 0 Å². The van der Waals surface area contributed by atoms with Crippen molar-refractivity contribution in [3.63, 3.8) is 0 Å². The molecule has 154 valence electrons. The van der Waals surface area contributed by atoms with Crippen molar-refractivity contribution < 1.29 is 18.7 Å². The molecule has 0 saturated carbocycles. The Hall–Kier alpha value is -2.86. The average Bonchev–Trinajstić information content (AvgIpc) is 3.20. The fourth-order valence-corrected chi connectivity index (χ4v) is 3.36. The van der Waals surface area contributed by atoms with E-state index < -0.39 is 0 Å². The van der Waals surface area contributed by atoms with Gasteiger partial charge in [0.2, 0.25) is 5.91 Å². The molecule has 0 atom stereocenters. The minimum atomic E-state index is -0.268. The normalized spacial score (nSPS) is 15.0. The van der Waals surface area contributed by atoms with E-state index in [-0.39, 0.29) is 18.3 Å². The summed E-state index contributed by atoms with van der Waals surface area (Å²) >= 11 is 0. The summed E-state index contributed by atoms with van der Waals surface area (Å²) in [6, 6.07) is 12.0. The minimum Gasteiger partial charge on any atom is -0.469 e. The zero-order valence-electron chi connectivity index (χ0n) is 17.1. The van der Waals surface area contributed by atoms with E-state index in [9.17, 15) is 9.59 Å². The lowest BCUT2D eigenvalue weighted by molar-refractivity contribution is -0.140. The van der Waals surface area contributed by atoms with Crippen molar-refractivity contribution in [2.45, 2.75) is 26.3 Å². The molecule has 0 unspecified atom stereocenters. The molecule has 1 aliphatic heterocycles. The number of hydrogen-bond acceptors (Lipinski definition) is 5. The van der Waals surface area contributed by atoms with Gasteiger partial charge in [0.25, 0.3) is 0 Å². The highest BCUT2D eigenvalue weighted by atomic mass is 16.5. The number of amides is 1. The Kier molecular flexibility index (Phi) is 7.25. The molecular weight excluding hydrogens is 368 g/mol. The number of carbonyl (C=O) groups is 2. The van der Waals surface area contributed by atoms with E-state index in [1.54, 1.807) is 18.2 Å². The van der Waals surface area contributed by atoms with Gasteiger partial charge in [-0.05, 0) is 36.3 Å². The number of rotatable bonds is 7. The maximum Gasteiger partial charge on any atom is 0.305 e. The number of nitrogens with zero attached hydrogens (tertiary/aromatic N) is 2. The molecule has 2 heterocycles. The Labute approximate surface area is 171 Å². The highest BCUT2D eigenvalue weighted by Gasteiger charge is 2.20. The first-order valence-electron chi connectivity index (χ1n) is 9.94. The highest BCUT2D eigenvalue weighted by molar-refractivity contribution is 5.91. The summed E-state index contributed by atoms with van der Waals surface area (Å²) in [4.78, 5) is 27.9. The van der Waals surface area contributed by atoms with Crippen molar-refractivity contribution in [1.29, 1.82) is 0 Å². The van der Waals surface area contributed by atoms with Crippen LogP contribution in [0.2, 0.25) is 0 Å². The summed E-state index contributed by atoms with van der Waals surface area (Å²) in [5.74, 6) is 1.03. The second kappa shape index (κ2) is 10.1. The van der Waals surface area contributed by atoms with Crippen LogP contribution in [0.1, 0.15) is 29.1 Å². The molecule has 0 spiro atoms. The van der Waals surface area contributed by atoms with Gasteiger partial charge < -0.3 is 14.1 Å². The highest BCUT2D eigenvalue weighted by Crippen LogP contribution is 2.14. The van der Waals surface area contributed by atoms with Gasteiger partial charge in [0.15, 0.2) is 0 Å². The standard InChI is InChI=1S/C23H28N2O4/c1-18-5-3-4-6-19(18)17-24-13-15-25(16-14-24)22(26)11-9-20-7-8-21(29-20)10-12-23(27)28-2/h3-9,11H,10,12-17H2,1-2H3/b11-9+. The van der Waals surface area contributed by atoms with Gasteiger partial charge in [-0.25, -0.2) is 0 Å². The van der Waals surface area contributed by atoms with Gasteiger partial charge >= 0.3 is 5.97 Å². The molecule has 2 aromatic rings. The Bertz CT molecular complexity index is 863. The molecule has 0 aliphatic carbocycles. The quantitative estimate of drug-likeness (QED) is 0.532. The maximum absolute atomic E-state index is 12.5. The molecule has 6 heteroatoms. The van der Waals surface area contributed by atoms with Gasteiger partial charge in [-0.2, -0.15) is 0 Å². The van der Waals surface area contributed by atoms with Crippen LogP contribution < -0.4 is 0 Å². The van der Waals surface area contributed by atoms with Gasteiger partial charge in [-0.1, -0.05) is 24.3 Å². The Morgan fingerprint density at radius 1 is 1.10 bits per heavy atom. The summed E-state index contributed by atoms with van der Waals surface area (Å²) in [5.41, 5.74) is 2.64. The molecule has 1 saturated heterocycles. The molecule has 1 aromatic carbocycles. The molecule has 1 aromatic heterocycles. The summed E-state index contributed by atoms with van der Waals surface area (Å²) in [7, 11) is 1.37. The van der Waals surface area contributed by atoms with Gasteiger partial charge in [-0.15, -0.1) is 0 Å². The molecule has 29 heavy (non-hydrogen) atoms. The Balaban J connectivity index is 1.45. The van der Waals surface area contributed by atoms with Crippen LogP contribution in [0.25, 0.3) is 6.08 Å². The first-order chi connectivity index (χ1) is 14.0. The van der Waals surface area contributed by atoms with Crippen LogP contribution in [0, 0.1) is 6.92 Å². The molecule has 3 rings (SSSR count). The van der Waals surface area contributed by atoms with Crippen LogP contribution >= 0.6 is 0 Å². The zero-order chi connectivity index (χ0) is 20.6. The first kappa shape index (κ1) is 20.9. The van der Waals surface area contributed by atoms with E-state index >= 15 is 0 Å². The molecule has 6 nitrogen and oxygen atoms in total. The van der Waals surface area contributed by atoms with Crippen LogP contribution in [-0.2, 0) is 27.3 Å². The second-order valence-electron chi connectivity index (χ2n) is 7.24. The number of ether oxygens (including phenoxy) is 1. The van der Waals surface area contributed by atoms with Crippen molar-refractivity contribution in [3.05, 3.63) is 65.1 Å². The Morgan fingerprint density at radius 3 is 2.59 bits per heavy atom. The van der Waals surface area contributed by atoms with Crippen LogP contribution in [0.15, 0.2) is 46.9 Å². The number of aryl methyl sites for hydroxylation is 2. The average molecular weight is 396 g/mol. The fraction of sp³-hybridized carbons (Fsp3) is 0.391. The summed E-state index contributed by atoms with van der Waals surface area (Å²) in [6.45, 7) is 6.23. The topological polar surface area (TPSA) is 63.0 Å². The number of hydrogen-bond donors (Lipinski definition) is 0. The molecule has 0 N–H and O–H groups in total. The van der Waals surface area contributed by atoms with Gasteiger partial charge in [0, 0.05) is 45.2 Å². The molecule has 0 radical (unpaired) electrons. The third-order valence-corrected chi connectivity index (χ3v) is 5.21. The predicted molar refractivity (Wildman–Crippen MR) is 111 cm³/mol. The number of esters is 1. The fourth-order valence-electron chi connectivity index (χ4n) is 3.36. The summed E-state index contributed by atoms with van der Waals surface area (Å²) < 4.78 is 10.3. The number of carbonyl (C=O) groups excluding carboxylic acids is 2. The van der Waals surface area contributed by atoms with E-state index in [2.05, 4.69) is 40.8 Å². The predicted octanol–water partition coefficient (Wildman–Crippen LogP) is 3.05. The number of benzene rings is 1. The third-order valence-electron chi connectivity index (χ3n) is 5.21. The molecule has 1 fully saturated rings. The van der Waals surface area contributed by atoms with Crippen LogP contribution in [-0.4, -0.2) is 55.0 Å². The minimum absolute atomic E-state index is 0.00643. The third kappa shape index (κ3) is 6.06. The lowest BCUT2D eigenvalue weighted by atomic mass is 10.1. The SMILES string of the molecule is COC(=O)CCc1ccc(/C=C/C(=O)N2CCN(Cc3ccccc3C)CC2)o1. The van der Waals surface area contributed by atoms with Crippen molar-refractivity contribution in [3.8, 4) is 0 Å². The van der Waals surface area contributed by atoms with E-state index in [1.165, 1.54) is 18.2 Å². The van der Waals surface area contributed by atoms with Gasteiger partial charge in [0.1, 0.15) is 11.5 Å². The molecule has 1 amide bonds. The largest absolute Gasteiger partial charge is 0.469 e. The second-order valence-corrected chi connectivity index (χ2v) is 7.24. The van der Waals surface area contributed by atoms with Crippen molar-refractivity contribution in [2.24, 2.45) is 0 Å². The first-order valence-corrected chi connectivity index (χ1v) is 9.94.